The van der Waals surface area contributed by atoms with Gasteiger partial charge in [0.25, 0.3) is 0 Å². The van der Waals surface area contributed by atoms with Gasteiger partial charge in [0, 0.05) is 6.42 Å². The lowest BCUT2D eigenvalue weighted by Gasteiger charge is -2.31. The minimum absolute atomic E-state index is 0.357. The molecule has 1 aliphatic heterocycles. The summed E-state index contributed by atoms with van der Waals surface area (Å²) in [5.74, 6) is 0.619. The van der Waals surface area contributed by atoms with E-state index in [1.807, 2.05) is 37.3 Å². The molecule has 3 nitrogen and oxygen atoms in total. The molecule has 0 N–H and O–H groups in total. The van der Waals surface area contributed by atoms with Crippen LogP contribution in [0.2, 0.25) is 0 Å². The van der Waals surface area contributed by atoms with Crippen LogP contribution in [0.4, 0.5) is 0 Å². The van der Waals surface area contributed by atoms with Gasteiger partial charge in [-0.25, -0.2) is 4.79 Å². The summed E-state index contributed by atoms with van der Waals surface area (Å²) in [6.07, 6.45) is 6.65. The summed E-state index contributed by atoms with van der Waals surface area (Å²) in [6.45, 7) is 6.15. The Morgan fingerprint density at radius 3 is 2.81 bits per heavy atom. The number of para-hydroxylation sites is 1. The number of fused-ring (bicyclic) bond motifs is 3. The third-order valence-electron chi connectivity index (χ3n) is 3.65. The highest BCUT2D eigenvalue weighted by atomic mass is 16.5. The van der Waals surface area contributed by atoms with Crippen LogP contribution in [0.3, 0.4) is 0 Å². The van der Waals surface area contributed by atoms with Gasteiger partial charge in [-0.1, -0.05) is 23.8 Å². The summed E-state index contributed by atoms with van der Waals surface area (Å²) in [6, 6.07) is 7.46. The second-order valence-electron chi connectivity index (χ2n) is 5.86. The van der Waals surface area contributed by atoms with Gasteiger partial charge in [0.15, 0.2) is 0 Å². The summed E-state index contributed by atoms with van der Waals surface area (Å²) in [7, 11) is 0. The molecular weight excluding hydrogens is 264 g/mol. The number of hydrogen-bond donors (Lipinski definition) is 0. The Hall–Kier alpha value is -2.29. The normalized spacial score (nSPS) is 20.0. The van der Waals surface area contributed by atoms with Crippen molar-refractivity contribution >= 4 is 17.0 Å². The van der Waals surface area contributed by atoms with Crippen LogP contribution in [-0.2, 0) is 0 Å². The predicted octanol–water partition coefficient (Wildman–Crippen LogP) is 4.31. The van der Waals surface area contributed by atoms with Crippen molar-refractivity contribution in [1.29, 1.82) is 0 Å². The zero-order valence-electron chi connectivity index (χ0n) is 12.5. The van der Waals surface area contributed by atoms with Crippen LogP contribution < -0.4 is 10.4 Å². The highest BCUT2D eigenvalue weighted by molar-refractivity contribution is 5.87. The molecule has 1 aromatic carbocycles. The lowest BCUT2D eigenvalue weighted by Crippen LogP contribution is -2.32. The van der Waals surface area contributed by atoms with Crippen molar-refractivity contribution in [3.05, 3.63) is 58.0 Å². The Bertz CT molecular complexity index is 807. The van der Waals surface area contributed by atoms with Crippen LogP contribution in [0.25, 0.3) is 17.0 Å². The molecule has 1 aliphatic rings. The third kappa shape index (κ3) is 2.51. The Morgan fingerprint density at radius 2 is 2.05 bits per heavy atom. The predicted molar refractivity (Wildman–Crippen MR) is 84.6 cm³/mol. The SMILES string of the molecule is CC(C)=CCC1(C)C=Cc2c(c3ccccc3oc2=O)O1. The zero-order valence-corrected chi connectivity index (χ0v) is 12.5. The minimum Gasteiger partial charge on any atom is -0.481 e. The van der Waals surface area contributed by atoms with E-state index in [0.717, 1.165) is 11.8 Å². The average molecular weight is 282 g/mol. The molecule has 0 saturated carbocycles. The second-order valence-corrected chi connectivity index (χ2v) is 5.86. The van der Waals surface area contributed by atoms with Crippen molar-refractivity contribution in [3.63, 3.8) is 0 Å². The highest BCUT2D eigenvalue weighted by Gasteiger charge is 2.29. The molecule has 0 radical (unpaired) electrons. The maximum absolute atomic E-state index is 12.0. The van der Waals surface area contributed by atoms with Crippen LogP contribution in [0.1, 0.15) is 32.8 Å². The minimum atomic E-state index is -0.444. The van der Waals surface area contributed by atoms with Gasteiger partial charge in [0.2, 0.25) is 0 Å². The molecule has 21 heavy (non-hydrogen) atoms. The van der Waals surface area contributed by atoms with Crippen LogP contribution in [-0.4, -0.2) is 5.60 Å². The van der Waals surface area contributed by atoms with Crippen LogP contribution >= 0.6 is 0 Å². The Labute approximate surface area is 123 Å². The van der Waals surface area contributed by atoms with E-state index in [9.17, 15) is 4.79 Å². The molecule has 0 spiro atoms. The van der Waals surface area contributed by atoms with E-state index in [1.54, 1.807) is 6.07 Å². The van der Waals surface area contributed by atoms with Gasteiger partial charge in [-0.05, 0) is 45.1 Å². The smallest absolute Gasteiger partial charge is 0.347 e. The average Bonchev–Trinajstić information content (AvgIpc) is 2.45. The number of hydrogen-bond acceptors (Lipinski definition) is 3. The number of rotatable bonds is 2. The lowest BCUT2D eigenvalue weighted by molar-refractivity contribution is 0.142. The van der Waals surface area contributed by atoms with Gasteiger partial charge in [-0.2, -0.15) is 0 Å². The van der Waals surface area contributed by atoms with Crippen LogP contribution in [0, 0.1) is 0 Å². The molecule has 1 unspecified atom stereocenters. The fraction of sp³-hybridized carbons (Fsp3) is 0.278. The first kappa shape index (κ1) is 13.7. The van der Waals surface area contributed by atoms with E-state index in [2.05, 4.69) is 19.9 Å². The maximum atomic E-state index is 12.0. The molecule has 0 amide bonds. The standard InChI is InChI=1S/C18H18O3/c1-12(2)8-10-18(3)11-9-14-16(21-18)13-6-4-5-7-15(13)20-17(14)19/h4-9,11H,10H2,1-3H3. The zero-order chi connectivity index (χ0) is 15.0. The molecule has 2 aromatic rings. The van der Waals surface area contributed by atoms with Crippen LogP contribution in [0.5, 0.6) is 5.75 Å². The van der Waals surface area contributed by atoms with Crippen molar-refractivity contribution in [1.82, 2.24) is 0 Å². The first-order chi connectivity index (χ1) is 9.98. The van der Waals surface area contributed by atoms with Gasteiger partial charge in [-0.15, -0.1) is 0 Å². The molecule has 3 heteroatoms. The van der Waals surface area contributed by atoms with E-state index < -0.39 is 5.60 Å². The molecule has 2 heterocycles. The number of allylic oxidation sites excluding steroid dienone is 1. The maximum Gasteiger partial charge on any atom is 0.347 e. The molecule has 108 valence electrons. The van der Waals surface area contributed by atoms with Crippen molar-refractivity contribution in [3.8, 4) is 5.75 Å². The quantitative estimate of drug-likeness (QED) is 0.608. The summed E-state index contributed by atoms with van der Waals surface area (Å²) in [5.41, 5.74) is 1.49. The lowest BCUT2D eigenvalue weighted by atomic mass is 9.95. The molecule has 0 aliphatic carbocycles. The van der Waals surface area contributed by atoms with E-state index in [4.69, 9.17) is 9.15 Å². The summed E-state index contributed by atoms with van der Waals surface area (Å²) in [4.78, 5) is 12.0. The van der Waals surface area contributed by atoms with E-state index in [-0.39, 0.29) is 5.63 Å². The van der Waals surface area contributed by atoms with Gasteiger partial charge in [-0.3, -0.25) is 0 Å². The van der Waals surface area contributed by atoms with Gasteiger partial charge < -0.3 is 9.15 Å². The molecule has 1 atom stereocenters. The fourth-order valence-electron chi connectivity index (χ4n) is 2.43. The summed E-state index contributed by atoms with van der Waals surface area (Å²) in [5, 5.41) is 0.833. The Balaban J connectivity index is 2.14. The Kier molecular flexibility index (Phi) is 3.20. The molecule has 3 rings (SSSR count). The molecule has 0 saturated heterocycles. The number of ether oxygens (including phenoxy) is 1. The van der Waals surface area contributed by atoms with Crippen molar-refractivity contribution in [2.75, 3.05) is 0 Å². The second kappa shape index (κ2) is 4.92. The van der Waals surface area contributed by atoms with Crippen molar-refractivity contribution in [2.45, 2.75) is 32.8 Å². The fourth-order valence-corrected chi connectivity index (χ4v) is 2.43. The first-order valence-electron chi connectivity index (χ1n) is 7.06. The topological polar surface area (TPSA) is 39.4 Å². The molecule has 0 fully saturated rings. The van der Waals surface area contributed by atoms with E-state index >= 15 is 0 Å². The van der Waals surface area contributed by atoms with Crippen LogP contribution in [0.15, 0.2) is 51.2 Å². The van der Waals surface area contributed by atoms with Gasteiger partial charge in [0.05, 0.1) is 5.39 Å². The van der Waals surface area contributed by atoms with Gasteiger partial charge in [0.1, 0.15) is 22.5 Å². The third-order valence-corrected chi connectivity index (χ3v) is 3.65. The Morgan fingerprint density at radius 1 is 1.29 bits per heavy atom. The van der Waals surface area contributed by atoms with Crippen molar-refractivity contribution in [2.24, 2.45) is 0 Å². The van der Waals surface area contributed by atoms with E-state index in [1.165, 1.54) is 5.57 Å². The van der Waals surface area contributed by atoms with E-state index in [0.29, 0.717) is 16.9 Å². The van der Waals surface area contributed by atoms with Gasteiger partial charge >= 0.3 is 5.63 Å². The highest BCUT2D eigenvalue weighted by Crippen LogP contribution is 2.36. The molecule has 0 bridgehead atoms. The number of benzene rings is 1. The first-order valence-corrected chi connectivity index (χ1v) is 7.06. The van der Waals surface area contributed by atoms with Crippen molar-refractivity contribution < 1.29 is 9.15 Å². The molecule has 1 aromatic heterocycles. The summed E-state index contributed by atoms with van der Waals surface area (Å²) >= 11 is 0. The largest absolute Gasteiger partial charge is 0.481 e. The summed E-state index contributed by atoms with van der Waals surface area (Å²) < 4.78 is 11.5. The monoisotopic (exact) mass is 282 g/mol. The molecular formula is C18H18O3.